The molecule has 2 aromatic heterocycles. The van der Waals surface area contributed by atoms with Crippen molar-refractivity contribution in [3.8, 4) is 0 Å². The number of rotatable bonds is 4. The first kappa shape index (κ1) is 11.9. The molecule has 5 heteroatoms. The number of nitrogens with one attached hydrogen (secondary N) is 1. The van der Waals surface area contributed by atoms with Gasteiger partial charge < -0.3 is 14.4 Å². The summed E-state index contributed by atoms with van der Waals surface area (Å²) in [6, 6.07) is 10.1. The summed E-state index contributed by atoms with van der Waals surface area (Å²) in [7, 11) is 2.03. The fourth-order valence-electron chi connectivity index (χ4n) is 2.16. The van der Waals surface area contributed by atoms with Crippen LogP contribution >= 0.6 is 0 Å². The van der Waals surface area contributed by atoms with Gasteiger partial charge in [-0.15, -0.1) is 0 Å². The maximum Gasteiger partial charge on any atom is 0.133 e. The molecule has 19 heavy (non-hydrogen) atoms. The van der Waals surface area contributed by atoms with Crippen LogP contribution in [0.2, 0.25) is 0 Å². The molecule has 1 N–H and O–H groups in total. The highest BCUT2D eigenvalue weighted by Crippen LogP contribution is 2.14. The first-order valence-corrected chi connectivity index (χ1v) is 6.27. The molecule has 0 saturated carbocycles. The van der Waals surface area contributed by atoms with Crippen LogP contribution in [0, 0.1) is 6.92 Å². The van der Waals surface area contributed by atoms with E-state index in [0.29, 0.717) is 13.1 Å². The molecule has 98 valence electrons. The van der Waals surface area contributed by atoms with E-state index in [2.05, 4.69) is 26.1 Å². The molecule has 0 aliphatic carbocycles. The van der Waals surface area contributed by atoms with E-state index in [1.165, 1.54) is 0 Å². The minimum Gasteiger partial charge on any atom is -0.361 e. The van der Waals surface area contributed by atoms with Crippen LogP contribution in [0.15, 0.2) is 34.9 Å². The van der Waals surface area contributed by atoms with E-state index in [9.17, 15) is 0 Å². The van der Waals surface area contributed by atoms with Crippen molar-refractivity contribution in [2.75, 3.05) is 0 Å². The van der Waals surface area contributed by atoms with Gasteiger partial charge in [0.1, 0.15) is 11.6 Å². The van der Waals surface area contributed by atoms with Crippen LogP contribution in [-0.4, -0.2) is 14.7 Å². The van der Waals surface area contributed by atoms with Gasteiger partial charge >= 0.3 is 0 Å². The highest BCUT2D eigenvalue weighted by molar-refractivity contribution is 5.75. The van der Waals surface area contributed by atoms with Gasteiger partial charge in [0.05, 0.1) is 23.3 Å². The van der Waals surface area contributed by atoms with E-state index in [1.54, 1.807) is 0 Å². The molecule has 0 bridgehead atoms. The van der Waals surface area contributed by atoms with Crippen LogP contribution in [0.3, 0.4) is 0 Å². The van der Waals surface area contributed by atoms with Gasteiger partial charge in [-0.2, -0.15) is 0 Å². The minimum atomic E-state index is 0.681. The van der Waals surface area contributed by atoms with Gasteiger partial charge in [-0.3, -0.25) is 0 Å². The molecular formula is C14H16N4O. The third-order valence-electron chi connectivity index (χ3n) is 3.15. The lowest BCUT2D eigenvalue weighted by Crippen LogP contribution is -2.15. The number of aromatic nitrogens is 3. The molecule has 0 saturated heterocycles. The summed E-state index contributed by atoms with van der Waals surface area (Å²) in [4.78, 5) is 4.61. The Bertz CT molecular complexity index is 698. The number of nitrogens with zero attached hydrogens (tertiary/aromatic N) is 3. The summed E-state index contributed by atoms with van der Waals surface area (Å²) >= 11 is 0. The third-order valence-corrected chi connectivity index (χ3v) is 3.15. The number of hydrogen-bond donors (Lipinski definition) is 1. The second-order valence-electron chi connectivity index (χ2n) is 4.61. The zero-order chi connectivity index (χ0) is 13.2. The van der Waals surface area contributed by atoms with Crippen LogP contribution in [0.1, 0.15) is 17.3 Å². The Morgan fingerprint density at radius 2 is 2.11 bits per heavy atom. The van der Waals surface area contributed by atoms with Crippen molar-refractivity contribution in [2.45, 2.75) is 20.0 Å². The molecule has 1 aromatic carbocycles. The van der Waals surface area contributed by atoms with Crippen LogP contribution in [0.5, 0.6) is 0 Å². The third kappa shape index (κ3) is 2.37. The second-order valence-corrected chi connectivity index (χ2v) is 4.61. The summed E-state index contributed by atoms with van der Waals surface area (Å²) in [5.41, 5.74) is 3.09. The average molecular weight is 256 g/mol. The lowest BCUT2D eigenvalue weighted by molar-refractivity contribution is 0.388. The summed E-state index contributed by atoms with van der Waals surface area (Å²) < 4.78 is 7.14. The highest BCUT2D eigenvalue weighted by atomic mass is 16.5. The fraction of sp³-hybridized carbons (Fsp3) is 0.286. The molecule has 5 nitrogen and oxygen atoms in total. The number of para-hydroxylation sites is 2. The molecule has 2 heterocycles. The summed E-state index contributed by atoms with van der Waals surface area (Å²) in [6.07, 6.45) is 0. The van der Waals surface area contributed by atoms with Gasteiger partial charge in [-0.1, -0.05) is 17.3 Å². The number of imidazole rings is 1. The molecule has 0 spiro atoms. The van der Waals surface area contributed by atoms with Crippen molar-refractivity contribution in [2.24, 2.45) is 7.05 Å². The monoisotopic (exact) mass is 256 g/mol. The molecule has 0 unspecified atom stereocenters. The van der Waals surface area contributed by atoms with Crippen molar-refractivity contribution in [1.29, 1.82) is 0 Å². The van der Waals surface area contributed by atoms with E-state index in [0.717, 1.165) is 28.3 Å². The van der Waals surface area contributed by atoms with E-state index < -0.39 is 0 Å². The van der Waals surface area contributed by atoms with Crippen molar-refractivity contribution in [1.82, 2.24) is 20.0 Å². The zero-order valence-corrected chi connectivity index (χ0v) is 11.1. The van der Waals surface area contributed by atoms with Crippen molar-refractivity contribution in [3.05, 3.63) is 47.6 Å². The zero-order valence-electron chi connectivity index (χ0n) is 11.1. The molecule has 0 aliphatic rings. The summed E-state index contributed by atoms with van der Waals surface area (Å²) in [6.45, 7) is 3.28. The number of benzene rings is 1. The maximum atomic E-state index is 5.03. The standard InChI is InChI=1S/C14H16N4O/c1-10-7-11(17-19-10)8-15-9-14-16-12-5-3-4-6-13(12)18(14)2/h3-7,15H,8-9H2,1-2H3. The molecule has 3 rings (SSSR count). The van der Waals surface area contributed by atoms with Crippen LogP contribution in [-0.2, 0) is 20.1 Å². The Balaban J connectivity index is 1.70. The minimum absolute atomic E-state index is 0.681. The van der Waals surface area contributed by atoms with Gasteiger partial charge in [0, 0.05) is 19.7 Å². The van der Waals surface area contributed by atoms with E-state index >= 15 is 0 Å². The van der Waals surface area contributed by atoms with Gasteiger partial charge in [0.2, 0.25) is 0 Å². The largest absolute Gasteiger partial charge is 0.361 e. The topological polar surface area (TPSA) is 55.9 Å². The van der Waals surface area contributed by atoms with Gasteiger partial charge in [0.25, 0.3) is 0 Å². The predicted octanol–water partition coefficient (Wildman–Crippen LogP) is 2.16. The Morgan fingerprint density at radius 1 is 1.26 bits per heavy atom. The molecule has 3 aromatic rings. The first-order valence-electron chi connectivity index (χ1n) is 6.27. The van der Waals surface area contributed by atoms with Crippen molar-refractivity contribution >= 4 is 11.0 Å². The lowest BCUT2D eigenvalue weighted by atomic mass is 10.3. The van der Waals surface area contributed by atoms with Crippen LogP contribution in [0.4, 0.5) is 0 Å². The molecule has 0 amide bonds. The highest BCUT2D eigenvalue weighted by Gasteiger charge is 2.07. The summed E-state index contributed by atoms with van der Waals surface area (Å²) in [5, 5.41) is 7.27. The average Bonchev–Trinajstić information content (AvgIpc) is 2.96. The Hall–Kier alpha value is -2.14. The van der Waals surface area contributed by atoms with Crippen molar-refractivity contribution in [3.63, 3.8) is 0 Å². The van der Waals surface area contributed by atoms with E-state index in [1.807, 2.05) is 38.2 Å². The van der Waals surface area contributed by atoms with E-state index in [4.69, 9.17) is 4.52 Å². The Labute approximate surface area is 111 Å². The lowest BCUT2D eigenvalue weighted by Gasteiger charge is -2.03. The molecule has 0 atom stereocenters. The molecular weight excluding hydrogens is 240 g/mol. The Kier molecular flexibility index (Phi) is 3.05. The second kappa shape index (κ2) is 4.85. The fourth-order valence-corrected chi connectivity index (χ4v) is 2.16. The maximum absolute atomic E-state index is 5.03. The molecule has 0 fully saturated rings. The Morgan fingerprint density at radius 3 is 2.84 bits per heavy atom. The SMILES string of the molecule is Cc1cc(CNCc2nc3ccccc3n2C)no1. The van der Waals surface area contributed by atoms with Gasteiger partial charge in [0.15, 0.2) is 0 Å². The number of fused-ring (bicyclic) bond motifs is 1. The number of hydrogen-bond acceptors (Lipinski definition) is 4. The van der Waals surface area contributed by atoms with Gasteiger partial charge in [-0.05, 0) is 19.1 Å². The molecule has 0 aliphatic heterocycles. The summed E-state index contributed by atoms with van der Waals surface area (Å²) in [5.74, 6) is 1.85. The predicted molar refractivity (Wildman–Crippen MR) is 72.5 cm³/mol. The first-order chi connectivity index (χ1) is 9.24. The van der Waals surface area contributed by atoms with Gasteiger partial charge in [-0.25, -0.2) is 4.98 Å². The van der Waals surface area contributed by atoms with Crippen LogP contribution in [0.25, 0.3) is 11.0 Å². The smallest absolute Gasteiger partial charge is 0.133 e. The van der Waals surface area contributed by atoms with Crippen LogP contribution < -0.4 is 5.32 Å². The van der Waals surface area contributed by atoms with E-state index in [-0.39, 0.29) is 0 Å². The molecule has 0 radical (unpaired) electrons. The number of aryl methyl sites for hydroxylation is 2. The van der Waals surface area contributed by atoms with Crippen molar-refractivity contribution < 1.29 is 4.52 Å². The quantitative estimate of drug-likeness (QED) is 0.777. The normalized spacial score (nSPS) is 11.3.